The number of rotatable bonds is 16. The molecule has 5 aromatic carbocycles. The Kier molecular flexibility index (Phi) is 13.4. The third kappa shape index (κ3) is 9.88. The van der Waals surface area contributed by atoms with Gasteiger partial charge in [-0.25, -0.2) is 4.79 Å². The quantitative estimate of drug-likeness (QED) is 0.0484. The second-order valence-corrected chi connectivity index (χ2v) is 17.3. The van der Waals surface area contributed by atoms with Gasteiger partial charge in [0.15, 0.2) is 11.7 Å². The first-order valence-electron chi connectivity index (χ1n) is 20.9. The van der Waals surface area contributed by atoms with Crippen molar-refractivity contribution in [1.29, 1.82) is 0 Å². The van der Waals surface area contributed by atoms with Crippen molar-refractivity contribution in [2.24, 2.45) is 0 Å². The molecule has 0 saturated carbocycles. The van der Waals surface area contributed by atoms with Crippen LogP contribution in [-0.2, 0) is 19.0 Å². The van der Waals surface area contributed by atoms with Crippen molar-refractivity contribution in [3.63, 3.8) is 0 Å². The fourth-order valence-corrected chi connectivity index (χ4v) is 8.03. The minimum Gasteiger partial charge on any atom is -0.508 e. The number of carbonyl (C=O) groups excluding carboxylic acids is 2. The maximum absolute atomic E-state index is 13.7. The van der Waals surface area contributed by atoms with Crippen molar-refractivity contribution >= 4 is 61.3 Å². The highest BCUT2D eigenvalue weighted by molar-refractivity contribution is 6.21. The molecule has 2 heterocycles. The molecule has 5 atom stereocenters. The number of carboxylic acid groups (broad SMARTS) is 1. The van der Waals surface area contributed by atoms with Crippen LogP contribution in [0.3, 0.4) is 0 Å². The largest absolute Gasteiger partial charge is 0.508 e. The number of amides is 2. The standard InChI is InChI=1S/C48H52N2O14/c1-47(2,62-20-17-48(3,4)61-19-15-37(54)50-39-41(56)40(55)36(24-51)63-46(39)60)16-18-49-44(57)27-7-10-32(45(58)59)35(23-27)38-33-11-5-25-21-28(52)8-13-30(25)42(33)64-43-31-14-9-29(53)22-26(31)6-12-34(38)43/h5-14,21-23,36,39-41,46,51-52,55-56,60H,15-20,24H2,1-4H3,(H,49,57)(H,50,54)(H,58,59)/t36-,39-,40-,41-,46?/m1/s1. The van der Waals surface area contributed by atoms with Gasteiger partial charge in [-0.2, -0.15) is 0 Å². The van der Waals surface area contributed by atoms with Crippen molar-refractivity contribution in [1.82, 2.24) is 10.6 Å². The molecule has 1 aromatic heterocycles. The molecular weight excluding hydrogens is 829 g/mol. The molecule has 6 aromatic rings. The highest BCUT2D eigenvalue weighted by atomic mass is 16.6. The van der Waals surface area contributed by atoms with E-state index in [0.717, 1.165) is 0 Å². The summed E-state index contributed by atoms with van der Waals surface area (Å²) in [5.41, 5.74) is 0.282. The number of ether oxygens (including phenoxy) is 3. The van der Waals surface area contributed by atoms with Crippen LogP contribution in [0.1, 0.15) is 67.7 Å². The number of nitrogens with one attached hydrogen (secondary N) is 2. The van der Waals surface area contributed by atoms with Crippen molar-refractivity contribution in [3.8, 4) is 16.9 Å². The molecule has 8 N–H and O–H groups in total. The Bertz CT molecular complexity index is 2800. The summed E-state index contributed by atoms with van der Waals surface area (Å²) in [6.45, 7) is 7.37. The lowest BCUT2D eigenvalue weighted by Gasteiger charge is -2.40. The minimum atomic E-state index is -1.62. The van der Waals surface area contributed by atoms with E-state index in [4.69, 9.17) is 18.6 Å². The van der Waals surface area contributed by atoms with Gasteiger partial charge >= 0.3 is 5.97 Å². The summed E-state index contributed by atoms with van der Waals surface area (Å²) in [6, 6.07) is 19.7. The molecule has 0 spiro atoms. The second kappa shape index (κ2) is 18.6. The Morgan fingerprint density at radius 3 is 2.05 bits per heavy atom. The van der Waals surface area contributed by atoms with E-state index < -0.39 is 66.2 Å². The number of aromatic hydroxyl groups is 1. The normalized spacial score (nSPS) is 19.3. The van der Waals surface area contributed by atoms with Gasteiger partial charge in [-0.15, -0.1) is 0 Å². The molecular formula is C48H52N2O14. The van der Waals surface area contributed by atoms with Gasteiger partial charge in [-0.1, -0.05) is 12.1 Å². The Morgan fingerprint density at radius 1 is 0.750 bits per heavy atom. The topological polar surface area (TPSA) is 255 Å². The molecule has 16 nitrogen and oxygen atoms in total. The van der Waals surface area contributed by atoms with Crippen molar-refractivity contribution < 1.29 is 63.7 Å². The van der Waals surface area contributed by atoms with Crippen LogP contribution in [0.15, 0.2) is 88.1 Å². The average Bonchev–Trinajstić information content (AvgIpc) is 3.24. The summed E-state index contributed by atoms with van der Waals surface area (Å²) in [6.07, 6.45) is -5.09. The SMILES string of the molecule is CC(C)(CCNC(=O)c1ccc(C(=O)O)c(-c2c3ccc4cc(O)ccc4c3oc3c2ccc2cc(=O)ccc23)c1)OCCC(C)(C)OCCC(=O)N[C@H]1C(O)O[C@H](CO)[C@@H](O)[C@@H]1O. The maximum atomic E-state index is 13.7. The number of aliphatic hydroxyl groups excluding tert-OH is 4. The summed E-state index contributed by atoms with van der Waals surface area (Å²) >= 11 is 0. The van der Waals surface area contributed by atoms with Gasteiger partial charge in [-0.05, 0) is 124 Å². The summed E-state index contributed by atoms with van der Waals surface area (Å²) in [5.74, 6) is -2.11. The van der Waals surface area contributed by atoms with E-state index in [2.05, 4.69) is 10.6 Å². The third-order valence-electron chi connectivity index (χ3n) is 11.7. The van der Waals surface area contributed by atoms with E-state index in [1.807, 2.05) is 33.8 Å². The van der Waals surface area contributed by atoms with E-state index in [-0.39, 0.29) is 54.0 Å². The first-order valence-corrected chi connectivity index (χ1v) is 20.9. The van der Waals surface area contributed by atoms with Gasteiger partial charge in [0.1, 0.15) is 41.3 Å². The first kappa shape index (κ1) is 46.0. The molecule has 0 bridgehead atoms. The van der Waals surface area contributed by atoms with Crippen LogP contribution in [0.4, 0.5) is 0 Å². The molecule has 16 heteroatoms. The summed E-state index contributed by atoms with van der Waals surface area (Å²) in [7, 11) is 0. The monoisotopic (exact) mass is 880 g/mol. The second-order valence-electron chi connectivity index (χ2n) is 17.3. The van der Waals surface area contributed by atoms with Crippen molar-refractivity contribution in [2.45, 2.75) is 88.8 Å². The lowest BCUT2D eigenvalue weighted by Crippen LogP contribution is -2.64. The lowest BCUT2D eigenvalue weighted by atomic mass is 9.90. The van der Waals surface area contributed by atoms with E-state index in [1.165, 1.54) is 30.3 Å². The molecule has 0 aliphatic carbocycles. The highest BCUT2D eigenvalue weighted by Gasteiger charge is 2.44. The fourth-order valence-electron chi connectivity index (χ4n) is 8.03. The van der Waals surface area contributed by atoms with Crippen LogP contribution in [0, 0.1) is 0 Å². The number of aromatic carboxylic acids is 1. The first-order chi connectivity index (χ1) is 30.4. The van der Waals surface area contributed by atoms with Gasteiger partial charge in [0, 0.05) is 45.6 Å². The number of benzene rings is 5. The molecule has 7 rings (SSSR count). The van der Waals surface area contributed by atoms with Crippen LogP contribution in [0.5, 0.6) is 5.75 Å². The van der Waals surface area contributed by atoms with Gasteiger partial charge < -0.3 is 59.9 Å². The summed E-state index contributed by atoms with van der Waals surface area (Å²) in [4.78, 5) is 51.4. The van der Waals surface area contributed by atoms with Gasteiger partial charge in [0.25, 0.3) is 5.91 Å². The highest BCUT2D eigenvalue weighted by Crippen LogP contribution is 2.43. The number of phenols is 1. The van der Waals surface area contributed by atoms with E-state index >= 15 is 0 Å². The number of hydrogen-bond donors (Lipinski definition) is 8. The molecule has 1 unspecified atom stereocenters. The number of carbonyl (C=O) groups is 3. The Hall–Kier alpha value is -5.98. The number of phenolic OH excluding ortho intramolecular Hbond substituents is 1. The molecule has 338 valence electrons. The lowest BCUT2D eigenvalue weighted by molar-refractivity contribution is -0.253. The van der Waals surface area contributed by atoms with Crippen LogP contribution in [0.2, 0.25) is 0 Å². The summed E-state index contributed by atoms with van der Waals surface area (Å²) < 4.78 is 23.8. The third-order valence-corrected chi connectivity index (χ3v) is 11.7. The van der Waals surface area contributed by atoms with E-state index in [1.54, 1.807) is 42.5 Å². The number of carboxylic acids is 1. The molecule has 0 radical (unpaired) electrons. The van der Waals surface area contributed by atoms with Crippen molar-refractivity contribution in [3.05, 3.63) is 100 Å². The Labute approximate surface area is 367 Å². The fraction of sp³-hybridized carbons (Fsp3) is 0.375. The maximum Gasteiger partial charge on any atom is 0.336 e. The van der Waals surface area contributed by atoms with Gasteiger partial charge in [0.2, 0.25) is 5.91 Å². The number of hydrogen-bond acceptors (Lipinski definition) is 13. The van der Waals surface area contributed by atoms with Gasteiger partial charge in [-0.3, -0.25) is 14.4 Å². The average molecular weight is 881 g/mol. The zero-order valence-corrected chi connectivity index (χ0v) is 35.8. The van der Waals surface area contributed by atoms with Crippen LogP contribution >= 0.6 is 0 Å². The predicted molar refractivity (Wildman–Crippen MR) is 237 cm³/mol. The molecule has 2 amide bonds. The number of aliphatic hydroxyl groups is 4. The molecule has 1 aliphatic rings. The molecule has 1 fully saturated rings. The minimum absolute atomic E-state index is 0.0135. The van der Waals surface area contributed by atoms with Gasteiger partial charge in [0.05, 0.1) is 36.6 Å². The van der Waals surface area contributed by atoms with E-state index in [0.29, 0.717) is 61.9 Å². The van der Waals surface area contributed by atoms with Crippen molar-refractivity contribution in [2.75, 3.05) is 26.4 Å². The predicted octanol–water partition coefficient (Wildman–Crippen LogP) is 4.73. The van der Waals surface area contributed by atoms with Crippen LogP contribution in [0.25, 0.3) is 54.6 Å². The molecule has 1 saturated heterocycles. The number of fused-ring (bicyclic) bond motifs is 6. The smallest absolute Gasteiger partial charge is 0.336 e. The van der Waals surface area contributed by atoms with Crippen LogP contribution in [-0.4, -0.2) is 117 Å². The Morgan fingerprint density at radius 2 is 1.38 bits per heavy atom. The van der Waals surface area contributed by atoms with E-state index in [9.17, 15) is 49.8 Å². The zero-order valence-electron chi connectivity index (χ0n) is 35.8. The van der Waals surface area contributed by atoms with Crippen LogP contribution < -0.4 is 16.1 Å². The Balaban J connectivity index is 1.01. The zero-order chi connectivity index (χ0) is 46.1. The summed E-state index contributed by atoms with van der Waals surface area (Å²) in [5, 5.41) is 69.6. The molecule has 64 heavy (non-hydrogen) atoms. The molecule has 1 aliphatic heterocycles.